The molecule has 2 aromatic carbocycles. The van der Waals surface area contributed by atoms with Crippen molar-refractivity contribution in [2.45, 2.75) is 58.7 Å². The summed E-state index contributed by atoms with van der Waals surface area (Å²) in [6.07, 6.45) is 2.87. The van der Waals surface area contributed by atoms with Gasteiger partial charge in [-0.05, 0) is 31.7 Å². The van der Waals surface area contributed by atoms with Gasteiger partial charge in [0, 0.05) is 5.56 Å². The largest absolute Gasteiger partial charge is 0.359 e. The summed E-state index contributed by atoms with van der Waals surface area (Å²) in [5, 5.41) is 0. The molecule has 0 aliphatic carbocycles. The quantitative estimate of drug-likeness (QED) is 0.506. The van der Waals surface area contributed by atoms with Gasteiger partial charge >= 0.3 is 0 Å². The van der Waals surface area contributed by atoms with E-state index in [-0.39, 0.29) is 11.4 Å². The van der Waals surface area contributed by atoms with Gasteiger partial charge in [0.2, 0.25) is 0 Å². The van der Waals surface area contributed by atoms with E-state index >= 15 is 0 Å². The lowest BCUT2D eigenvalue weighted by Crippen LogP contribution is -2.36. The van der Waals surface area contributed by atoms with Crippen LogP contribution in [0.4, 0.5) is 0 Å². The Bertz CT molecular complexity index is 646. The zero-order valence-electron chi connectivity index (χ0n) is 15.9. The van der Waals surface area contributed by atoms with Crippen molar-refractivity contribution >= 4 is 5.78 Å². The lowest BCUT2D eigenvalue weighted by atomic mass is 9.87. The molecule has 0 heterocycles. The smallest absolute Gasteiger partial charge is 0.196 e. The second-order valence-corrected chi connectivity index (χ2v) is 7.29. The molecule has 0 spiro atoms. The molecule has 0 saturated heterocycles. The van der Waals surface area contributed by atoms with Crippen molar-refractivity contribution in [2.75, 3.05) is 0 Å². The molecule has 0 fully saturated rings. The Hall–Kier alpha value is -1.93. The van der Waals surface area contributed by atoms with Gasteiger partial charge in [0.15, 0.2) is 5.78 Å². The Morgan fingerprint density at radius 1 is 1.00 bits per heavy atom. The molecule has 0 amide bonds. The van der Waals surface area contributed by atoms with Crippen LogP contribution in [0.25, 0.3) is 0 Å². The minimum Gasteiger partial charge on any atom is -0.359 e. The van der Waals surface area contributed by atoms with Gasteiger partial charge in [0.25, 0.3) is 0 Å². The van der Waals surface area contributed by atoms with E-state index in [0.29, 0.717) is 11.5 Å². The molecule has 2 aromatic rings. The number of hydrogen-bond donors (Lipinski definition) is 0. The molecule has 0 aromatic heterocycles. The molecule has 2 atom stereocenters. The second kappa shape index (κ2) is 8.96. The zero-order valence-corrected chi connectivity index (χ0v) is 15.9. The molecule has 2 heteroatoms. The highest BCUT2D eigenvalue weighted by Gasteiger charge is 2.33. The number of carbonyl (C=O) groups excluding carboxylic acids is 1. The van der Waals surface area contributed by atoms with Crippen molar-refractivity contribution in [2.24, 2.45) is 5.92 Å². The average Bonchev–Trinajstić information content (AvgIpc) is 2.65. The van der Waals surface area contributed by atoms with Crippen LogP contribution >= 0.6 is 0 Å². The van der Waals surface area contributed by atoms with E-state index in [4.69, 9.17) is 4.74 Å². The number of hydrogen-bond acceptors (Lipinski definition) is 2. The van der Waals surface area contributed by atoms with Crippen LogP contribution in [0.2, 0.25) is 0 Å². The predicted molar refractivity (Wildman–Crippen MR) is 104 cm³/mol. The summed E-state index contributed by atoms with van der Waals surface area (Å²) in [5.41, 5.74) is 1.22. The highest BCUT2D eigenvalue weighted by atomic mass is 16.5. The molecule has 0 aliphatic rings. The van der Waals surface area contributed by atoms with E-state index in [1.54, 1.807) is 0 Å². The molecule has 2 rings (SSSR count). The first-order chi connectivity index (χ1) is 12.0. The molecule has 0 saturated carbocycles. The van der Waals surface area contributed by atoms with Crippen LogP contribution in [0.5, 0.6) is 0 Å². The van der Waals surface area contributed by atoms with Crippen LogP contribution < -0.4 is 0 Å². The number of carbonyl (C=O) groups is 1. The first-order valence-electron chi connectivity index (χ1n) is 9.27. The Morgan fingerprint density at radius 2 is 1.56 bits per heavy atom. The van der Waals surface area contributed by atoms with Crippen LogP contribution in [-0.4, -0.2) is 11.4 Å². The maximum atomic E-state index is 13.1. The van der Waals surface area contributed by atoms with Gasteiger partial charge < -0.3 is 4.74 Å². The minimum atomic E-state index is -0.581. The Balaban J connectivity index is 2.28. The van der Waals surface area contributed by atoms with Crippen molar-refractivity contribution in [3.63, 3.8) is 0 Å². The van der Waals surface area contributed by atoms with Gasteiger partial charge in [-0.2, -0.15) is 0 Å². The highest BCUT2D eigenvalue weighted by molar-refractivity contribution is 6.00. The summed E-state index contributed by atoms with van der Waals surface area (Å²) in [4.78, 5) is 13.1. The average molecular weight is 338 g/mol. The van der Waals surface area contributed by atoms with Crippen molar-refractivity contribution < 1.29 is 9.53 Å². The van der Waals surface area contributed by atoms with Gasteiger partial charge in [-0.3, -0.25) is 4.79 Å². The summed E-state index contributed by atoms with van der Waals surface area (Å²) in [6, 6.07) is 19.2. The summed E-state index contributed by atoms with van der Waals surface area (Å²) in [6.45, 7) is 8.61. The molecule has 25 heavy (non-hydrogen) atoms. The van der Waals surface area contributed by atoms with E-state index in [1.165, 1.54) is 12.8 Å². The van der Waals surface area contributed by atoms with Crippen molar-refractivity contribution in [3.05, 3.63) is 71.8 Å². The minimum absolute atomic E-state index is 0.0163. The van der Waals surface area contributed by atoms with Gasteiger partial charge in [-0.15, -0.1) is 0 Å². The lowest BCUT2D eigenvalue weighted by Gasteiger charge is -2.35. The molecular weight excluding hydrogens is 308 g/mol. The third-order valence-electron chi connectivity index (χ3n) is 5.00. The van der Waals surface area contributed by atoms with Crippen LogP contribution in [0.1, 0.15) is 69.0 Å². The second-order valence-electron chi connectivity index (χ2n) is 7.29. The van der Waals surface area contributed by atoms with E-state index in [9.17, 15) is 4.79 Å². The van der Waals surface area contributed by atoms with Crippen LogP contribution in [-0.2, 0) is 4.74 Å². The number of unbranched alkanes of at least 4 members (excludes halogenated alkanes) is 1. The fourth-order valence-corrected chi connectivity index (χ4v) is 2.93. The predicted octanol–water partition coefficient (Wildman–Crippen LogP) is 6.23. The molecule has 0 N–H and O–H groups in total. The van der Waals surface area contributed by atoms with Crippen molar-refractivity contribution in [3.8, 4) is 0 Å². The SMILES string of the molecule is CCCCC(C)C(C)(C)OC(C(=O)c1ccccc1)c1ccccc1. The van der Waals surface area contributed by atoms with E-state index in [0.717, 1.165) is 12.0 Å². The van der Waals surface area contributed by atoms with Gasteiger partial charge in [-0.1, -0.05) is 87.4 Å². The molecule has 0 radical (unpaired) electrons. The van der Waals surface area contributed by atoms with Crippen molar-refractivity contribution in [1.82, 2.24) is 0 Å². The van der Waals surface area contributed by atoms with Crippen LogP contribution in [0.15, 0.2) is 60.7 Å². The summed E-state index contributed by atoms with van der Waals surface area (Å²) in [7, 11) is 0. The molecule has 134 valence electrons. The summed E-state index contributed by atoms with van der Waals surface area (Å²) >= 11 is 0. The van der Waals surface area contributed by atoms with Gasteiger partial charge in [0.1, 0.15) is 6.10 Å². The number of Topliss-reactive ketones (excluding diaryl/α,β-unsaturated/α-hetero) is 1. The number of ketones is 1. The Kier molecular flexibility index (Phi) is 6.95. The molecular formula is C23H30O2. The fraction of sp³-hybridized carbons (Fsp3) is 0.435. The fourth-order valence-electron chi connectivity index (χ4n) is 2.93. The van der Waals surface area contributed by atoms with Crippen molar-refractivity contribution in [1.29, 1.82) is 0 Å². The van der Waals surface area contributed by atoms with Crippen LogP contribution in [0, 0.1) is 5.92 Å². The molecule has 2 nitrogen and oxygen atoms in total. The number of rotatable bonds is 9. The monoisotopic (exact) mass is 338 g/mol. The maximum Gasteiger partial charge on any atom is 0.196 e. The summed E-state index contributed by atoms with van der Waals surface area (Å²) < 4.78 is 6.45. The standard InChI is InChI=1S/C23H30O2/c1-5-6-13-18(2)23(3,4)25-22(20-16-11-8-12-17-20)21(24)19-14-9-7-10-15-19/h7-12,14-18,22H,5-6,13H2,1-4H3. The van der Waals surface area contributed by atoms with E-state index in [1.807, 2.05) is 60.7 Å². The zero-order chi connectivity index (χ0) is 18.3. The van der Waals surface area contributed by atoms with Crippen LogP contribution in [0.3, 0.4) is 0 Å². The highest BCUT2D eigenvalue weighted by Crippen LogP contribution is 2.33. The van der Waals surface area contributed by atoms with E-state index < -0.39 is 6.10 Å². The molecule has 0 bridgehead atoms. The van der Waals surface area contributed by atoms with Gasteiger partial charge in [-0.25, -0.2) is 0 Å². The topological polar surface area (TPSA) is 26.3 Å². The lowest BCUT2D eigenvalue weighted by molar-refractivity contribution is -0.0908. The van der Waals surface area contributed by atoms with E-state index in [2.05, 4.69) is 27.7 Å². The first-order valence-corrected chi connectivity index (χ1v) is 9.27. The normalized spacial score (nSPS) is 14.1. The Labute approximate surface area is 152 Å². The Morgan fingerprint density at radius 3 is 2.12 bits per heavy atom. The number of ether oxygens (including phenoxy) is 1. The summed E-state index contributed by atoms with van der Waals surface area (Å²) in [5.74, 6) is 0.393. The third kappa shape index (κ3) is 5.27. The molecule has 2 unspecified atom stereocenters. The third-order valence-corrected chi connectivity index (χ3v) is 5.00. The number of benzene rings is 2. The maximum absolute atomic E-state index is 13.1. The first kappa shape index (κ1) is 19.4. The van der Waals surface area contributed by atoms with Gasteiger partial charge in [0.05, 0.1) is 5.60 Å². The molecule has 0 aliphatic heterocycles.